The van der Waals surface area contributed by atoms with Gasteiger partial charge in [-0.3, -0.25) is 4.79 Å². The van der Waals surface area contributed by atoms with Crippen molar-refractivity contribution in [2.24, 2.45) is 5.92 Å². The normalized spacial score (nSPS) is 13.4. The highest BCUT2D eigenvalue weighted by Gasteiger charge is 2.26. The molecular weight excluding hydrogens is 268 g/mol. The second kappa shape index (κ2) is 6.90. The number of benzene rings is 2. The Morgan fingerprint density at radius 1 is 1.10 bits per heavy atom. The molecule has 0 saturated carbocycles. The fourth-order valence-electron chi connectivity index (χ4n) is 2.15. The van der Waals surface area contributed by atoms with Gasteiger partial charge in [0.25, 0.3) is 0 Å². The highest BCUT2D eigenvalue weighted by atomic mass is 16.5. The van der Waals surface area contributed by atoms with Crippen molar-refractivity contribution in [2.45, 2.75) is 19.4 Å². The maximum atomic E-state index is 11.1. The van der Waals surface area contributed by atoms with E-state index in [1.54, 1.807) is 31.2 Å². The zero-order valence-corrected chi connectivity index (χ0v) is 11.8. The van der Waals surface area contributed by atoms with Crippen LogP contribution >= 0.6 is 0 Å². The van der Waals surface area contributed by atoms with E-state index in [0.29, 0.717) is 23.5 Å². The van der Waals surface area contributed by atoms with Gasteiger partial charge in [0.05, 0.1) is 12.0 Å². The van der Waals surface area contributed by atoms with Crippen LogP contribution in [0.25, 0.3) is 0 Å². The monoisotopic (exact) mass is 286 g/mol. The summed E-state index contributed by atoms with van der Waals surface area (Å²) in [5, 5.41) is 19.3. The van der Waals surface area contributed by atoms with Crippen molar-refractivity contribution < 1.29 is 19.7 Å². The predicted octanol–water partition coefficient (Wildman–Crippen LogP) is 3.62. The maximum Gasteiger partial charge on any atom is 0.309 e. The first-order valence-electron chi connectivity index (χ1n) is 6.85. The molecule has 0 spiro atoms. The highest BCUT2D eigenvalue weighted by molar-refractivity contribution is 5.71. The summed E-state index contributed by atoms with van der Waals surface area (Å²) in [6.45, 7) is 1.74. The lowest BCUT2D eigenvalue weighted by Crippen LogP contribution is -2.21. The number of carboxylic acid groups (broad SMARTS) is 1. The molecule has 0 bridgehead atoms. The van der Waals surface area contributed by atoms with Crippen LogP contribution in [0.15, 0.2) is 54.6 Å². The Labute approximate surface area is 123 Å². The summed E-state index contributed by atoms with van der Waals surface area (Å²) in [4.78, 5) is 11.1. The molecule has 2 N–H and O–H groups in total. The molecule has 2 rings (SSSR count). The minimum atomic E-state index is -1.05. The van der Waals surface area contributed by atoms with Gasteiger partial charge in [0.2, 0.25) is 0 Å². The fraction of sp³-hybridized carbons (Fsp3) is 0.235. The summed E-state index contributed by atoms with van der Waals surface area (Å²) in [5.41, 5.74) is 0.540. The van der Waals surface area contributed by atoms with E-state index in [1.807, 2.05) is 30.3 Å². The van der Waals surface area contributed by atoms with Crippen molar-refractivity contribution in [1.29, 1.82) is 0 Å². The van der Waals surface area contributed by atoms with Crippen LogP contribution in [0.2, 0.25) is 0 Å². The van der Waals surface area contributed by atoms with Crippen molar-refractivity contribution in [3.05, 3.63) is 60.2 Å². The van der Waals surface area contributed by atoms with Gasteiger partial charge in [0.15, 0.2) is 0 Å². The second-order valence-corrected chi connectivity index (χ2v) is 4.79. The number of hydrogen-bond acceptors (Lipinski definition) is 3. The summed E-state index contributed by atoms with van der Waals surface area (Å²) in [5.74, 6) is -0.566. The number of hydrogen-bond donors (Lipinski definition) is 2. The lowest BCUT2D eigenvalue weighted by atomic mass is 9.93. The van der Waals surface area contributed by atoms with Gasteiger partial charge < -0.3 is 14.9 Å². The van der Waals surface area contributed by atoms with Crippen LogP contribution in [0.1, 0.15) is 25.0 Å². The standard InChI is InChI=1S/C17H18O4/c1-2-15(17(19)20)16(18)12-7-6-10-14(11-12)21-13-8-4-3-5-9-13/h3-11,15-16,18H,2H2,1H3,(H,19,20). The molecule has 0 aromatic heterocycles. The lowest BCUT2D eigenvalue weighted by molar-refractivity contribution is -0.146. The SMILES string of the molecule is CCC(C(=O)O)C(O)c1cccc(Oc2ccccc2)c1. The van der Waals surface area contributed by atoms with E-state index in [-0.39, 0.29) is 0 Å². The molecule has 0 amide bonds. The first-order chi connectivity index (χ1) is 10.1. The molecule has 21 heavy (non-hydrogen) atoms. The van der Waals surface area contributed by atoms with Crippen LogP contribution in [0.5, 0.6) is 11.5 Å². The fourth-order valence-corrected chi connectivity index (χ4v) is 2.15. The Bertz CT molecular complexity index is 595. The molecule has 0 saturated heterocycles. The van der Waals surface area contributed by atoms with Gasteiger partial charge in [-0.15, -0.1) is 0 Å². The number of ether oxygens (including phenoxy) is 1. The molecule has 2 aromatic rings. The van der Waals surface area contributed by atoms with E-state index in [9.17, 15) is 9.90 Å². The summed E-state index contributed by atoms with van der Waals surface area (Å²) in [6, 6.07) is 16.2. The molecule has 4 nitrogen and oxygen atoms in total. The first kappa shape index (κ1) is 15.1. The lowest BCUT2D eigenvalue weighted by Gasteiger charge is -2.18. The van der Waals surface area contributed by atoms with Crippen molar-refractivity contribution in [3.8, 4) is 11.5 Å². The van der Waals surface area contributed by atoms with Crippen molar-refractivity contribution in [2.75, 3.05) is 0 Å². The number of aliphatic carboxylic acids is 1. The summed E-state index contributed by atoms with van der Waals surface area (Å²) < 4.78 is 5.68. The van der Waals surface area contributed by atoms with Crippen LogP contribution in [0.3, 0.4) is 0 Å². The Morgan fingerprint density at radius 2 is 1.76 bits per heavy atom. The Morgan fingerprint density at radius 3 is 2.38 bits per heavy atom. The maximum absolute atomic E-state index is 11.1. The van der Waals surface area contributed by atoms with Gasteiger partial charge in [-0.05, 0) is 36.2 Å². The average Bonchev–Trinajstić information content (AvgIpc) is 2.49. The average molecular weight is 286 g/mol. The Balaban J connectivity index is 2.19. The van der Waals surface area contributed by atoms with Crippen molar-refractivity contribution >= 4 is 5.97 Å². The topological polar surface area (TPSA) is 66.8 Å². The van der Waals surface area contributed by atoms with Crippen LogP contribution < -0.4 is 4.74 Å². The van der Waals surface area contributed by atoms with E-state index < -0.39 is 18.0 Å². The zero-order chi connectivity index (χ0) is 15.2. The number of carboxylic acids is 1. The van der Waals surface area contributed by atoms with Crippen molar-refractivity contribution in [1.82, 2.24) is 0 Å². The molecule has 2 unspecified atom stereocenters. The van der Waals surface area contributed by atoms with Gasteiger partial charge in [0, 0.05) is 0 Å². The third kappa shape index (κ3) is 3.83. The van der Waals surface area contributed by atoms with E-state index >= 15 is 0 Å². The third-order valence-electron chi connectivity index (χ3n) is 3.32. The molecule has 0 heterocycles. The number of para-hydroxylation sites is 1. The predicted molar refractivity (Wildman–Crippen MR) is 79.3 cm³/mol. The van der Waals surface area contributed by atoms with Crippen LogP contribution in [0, 0.1) is 5.92 Å². The summed E-state index contributed by atoms with van der Waals surface area (Å²) in [6.07, 6.45) is -0.688. The third-order valence-corrected chi connectivity index (χ3v) is 3.32. The molecule has 2 atom stereocenters. The molecule has 110 valence electrons. The quantitative estimate of drug-likeness (QED) is 0.851. The van der Waals surface area contributed by atoms with Gasteiger partial charge >= 0.3 is 5.97 Å². The van der Waals surface area contributed by atoms with E-state index in [4.69, 9.17) is 9.84 Å². The van der Waals surface area contributed by atoms with E-state index in [2.05, 4.69) is 0 Å². The molecule has 0 fully saturated rings. The first-order valence-corrected chi connectivity index (χ1v) is 6.85. The summed E-state index contributed by atoms with van der Waals surface area (Å²) in [7, 11) is 0. The molecule has 0 aliphatic heterocycles. The molecule has 0 aliphatic rings. The van der Waals surface area contributed by atoms with Gasteiger partial charge in [-0.2, -0.15) is 0 Å². The molecule has 0 radical (unpaired) electrons. The smallest absolute Gasteiger partial charge is 0.309 e. The van der Waals surface area contributed by atoms with Crippen LogP contribution in [-0.2, 0) is 4.79 Å². The number of rotatable bonds is 6. The molecule has 2 aromatic carbocycles. The Kier molecular flexibility index (Phi) is 4.95. The zero-order valence-electron chi connectivity index (χ0n) is 11.8. The van der Waals surface area contributed by atoms with E-state index in [1.165, 1.54) is 0 Å². The van der Waals surface area contributed by atoms with E-state index in [0.717, 1.165) is 0 Å². The van der Waals surface area contributed by atoms with Gasteiger partial charge in [0.1, 0.15) is 11.5 Å². The minimum absolute atomic E-state index is 0.361. The van der Waals surface area contributed by atoms with Gasteiger partial charge in [-0.1, -0.05) is 37.3 Å². The summed E-state index contributed by atoms with van der Waals surface area (Å²) >= 11 is 0. The molecule has 0 aliphatic carbocycles. The van der Waals surface area contributed by atoms with Crippen LogP contribution in [-0.4, -0.2) is 16.2 Å². The molecule has 4 heteroatoms. The Hall–Kier alpha value is -2.33. The number of aliphatic hydroxyl groups is 1. The van der Waals surface area contributed by atoms with Crippen LogP contribution in [0.4, 0.5) is 0 Å². The second-order valence-electron chi connectivity index (χ2n) is 4.79. The van der Waals surface area contributed by atoms with Gasteiger partial charge in [-0.25, -0.2) is 0 Å². The largest absolute Gasteiger partial charge is 0.481 e. The number of carbonyl (C=O) groups is 1. The highest BCUT2D eigenvalue weighted by Crippen LogP contribution is 2.29. The van der Waals surface area contributed by atoms with Crippen molar-refractivity contribution in [3.63, 3.8) is 0 Å². The molecular formula is C17H18O4. The number of aliphatic hydroxyl groups excluding tert-OH is 1. The minimum Gasteiger partial charge on any atom is -0.481 e.